The van der Waals surface area contributed by atoms with Crippen LogP contribution in [-0.4, -0.2) is 11.1 Å². The Balaban J connectivity index is 3.21. The van der Waals surface area contributed by atoms with Gasteiger partial charge in [0.25, 0.3) is 0 Å². The second-order valence-corrected chi connectivity index (χ2v) is 6.02. The van der Waals surface area contributed by atoms with Crippen LogP contribution in [0.1, 0.15) is 10.4 Å². The van der Waals surface area contributed by atoms with Crippen molar-refractivity contribution in [3.63, 3.8) is 0 Å². The first-order valence-electron chi connectivity index (χ1n) is 3.87. The predicted molar refractivity (Wildman–Crippen MR) is 56.0 cm³/mol. The molecule has 0 aliphatic heterocycles. The van der Waals surface area contributed by atoms with Gasteiger partial charge < -0.3 is 0 Å². The molecule has 0 fully saturated rings. The maximum atomic E-state index is 12.3. The number of halogens is 6. The number of alkyl halides is 1. The maximum absolute atomic E-state index is 12.3. The Morgan fingerprint density at radius 3 is 1.81 bits per heavy atom. The molecular weight excluding hydrogens is 319 g/mol. The molecule has 0 N–H and O–H groups in total. The van der Waals surface area contributed by atoms with Crippen LogP contribution < -0.4 is 0 Å². The lowest BCUT2D eigenvalue weighted by Gasteiger charge is -2.40. The zero-order valence-electron chi connectivity index (χ0n) is 7.60. The van der Waals surface area contributed by atoms with Gasteiger partial charge in [0.05, 0.1) is 5.33 Å². The lowest BCUT2D eigenvalue weighted by atomic mass is 10.2. The van der Waals surface area contributed by atoms with Crippen LogP contribution in [0.25, 0.3) is 0 Å². The summed E-state index contributed by atoms with van der Waals surface area (Å²) in [7, 11) is -9.62. The summed E-state index contributed by atoms with van der Waals surface area (Å²) >= 11 is 2.82. The first-order chi connectivity index (χ1) is 6.94. The smallest absolute Gasteiger partial charge is 0.293 e. The normalized spacial score (nSPS) is 16.4. The van der Waals surface area contributed by atoms with Crippen molar-refractivity contribution in [1.29, 1.82) is 0 Å². The third kappa shape index (κ3) is 3.18. The monoisotopic (exact) mass is 324 g/mol. The van der Waals surface area contributed by atoms with Gasteiger partial charge >= 0.3 is 10.2 Å². The molecule has 0 aromatic heterocycles. The Bertz CT molecular complexity index is 423. The van der Waals surface area contributed by atoms with Crippen molar-refractivity contribution in [2.75, 3.05) is 5.33 Å². The van der Waals surface area contributed by atoms with Crippen molar-refractivity contribution in [2.45, 2.75) is 4.90 Å². The number of carbonyl (C=O) groups is 1. The van der Waals surface area contributed by atoms with Crippen molar-refractivity contribution in [3.05, 3.63) is 29.8 Å². The zero-order chi connectivity index (χ0) is 12.7. The molecule has 1 aromatic rings. The van der Waals surface area contributed by atoms with Crippen LogP contribution in [-0.2, 0) is 0 Å². The van der Waals surface area contributed by atoms with E-state index in [-0.39, 0.29) is 23.0 Å². The van der Waals surface area contributed by atoms with Crippen LogP contribution in [0.2, 0.25) is 0 Å². The van der Waals surface area contributed by atoms with Crippen LogP contribution in [0.15, 0.2) is 29.2 Å². The number of Topliss-reactive ketones (excluding diaryl/α,β-unsaturated/α-hetero) is 1. The second kappa shape index (κ2) is 3.19. The highest BCUT2D eigenvalue weighted by Crippen LogP contribution is 3.02. The number of ketones is 1. The number of benzene rings is 1. The van der Waals surface area contributed by atoms with Crippen molar-refractivity contribution >= 4 is 31.9 Å². The predicted octanol–water partition coefficient (Wildman–Crippen LogP) is 4.92. The van der Waals surface area contributed by atoms with E-state index in [1.54, 1.807) is 0 Å². The molecule has 0 bridgehead atoms. The highest BCUT2D eigenvalue weighted by molar-refractivity contribution is 9.09. The minimum Gasteiger partial charge on any atom is -0.293 e. The van der Waals surface area contributed by atoms with Crippen LogP contribution in [0.4, 0.5) is 19.4 Å². The summed E-state index contributed by atoms with van der Waals surface area (Å²) in [5.41, 5.74) is -0.0533. The van der Waals surface area contributed by atoms with Crippen LogP contribution in [0.5, 0.6) is 0 Å². The molecule has 0 unspecified atom stereocenters. The fourth-order valence-corrected chi connectivity index (χ4v) is 1.95. The highest BCUT2D eigenvalue weighted by Gasteiger charge is 2.65. The van der Waals surface area contributed by atoms with Crippen molar-refractivity contribution in [1.82, 2.24) is 0 Å². The average Bonchev–Trinajstić information content (AvgIpc) is 2.13. The summed E-state index contributed by atoms with van der Waals surface area (Å²) in [5, 5.41) is -0.0806. The molecule has 0 saturated carbocycles. The topological polar surface area (TPSA) is 17.1 Å². The molecule has 0 heterocycles. The van der Waals surface area contributed by atoms with E-state index in [9.17, 15) is 24.2 Å². The van der Waals surface area contributed by atoms with Crippen LogP contribution >= 0.6 is 26.2 Å². The van der Waals surface area contributed by atoms with E-state index in [1.165, 1.54) is 0 Å². The molecule has 0 saturated heterocycles. The molecule has 8 heteroatoms. The Labute approximate surface area is 96.5 Å². The quantitative estimate of drug-likeness (QED) is 0.438. The number of carbonyl (C=O) groups excluding carboxylic acids is 1. The molecule has 0 radical (unpaired) electrons. The van der Waals surface area contributed by atoms with Gasteiger partial charge in [0, 0.05) is 5.56 Å². The molecule has 0 amide bonds. The molecule has 1 rings (SSSR count). The van der Waals surface area contributed by atoms with Gasteiger partial charge in [-0.05, 0) is 24.3 Å². The fourth-order valence-electron chi connectivity index (χ4n) is 0.975. The van der Waals surface area contributed by atoms with Crippen LogP contribution in [0.3, 0.4) is 0 Å². The molecule has 0 aliphatic rings. The van der Waals surface area contributed by atoms with E-state index in [0.717, 1.165) is 12.1 Å². The van der Waals surface area contributed by atoms with Gasteiger partial charge in [0.1, 0.15) is 4.90 Å². The summed E-state index contributed by atoms with van der Waals surface area (Å²) < 4.78 is 61.3. The second-order valence-electron chi connectivity index (χ2n) is 3.05. The fraction of sp³-hybridized carbons (Fsp3) is 0.125. The Hall–Kier alpha value is -0.630. The summed E-state index contributed by atoms with van der Waals surface area (Å²) in [6, 6.07) is 1.91. The SMILES string of the molecule is O=C(CBr)c1ccc(S(F)(F)(F)(F)F)cc1. The zero-order valence-corrected chi connectivity index (χ0v) is 10.0. The van der Waals surface area contributed by atoms with Gasteiger partial charge in [-0.2, -0.15) is 0 Å². The molecule has 1 nitrogen and oxygen atoms in total. The molecule has 1 aromatic carbocycles. The Morgan fingerprint density at radius 2 is 1.50 bits per heavy atom. The highest BCUT2D eigenvalue weighted by atomic mass is 79.9. The molecular formula is C8H6BrF5OS. The first kappa shape index (κ1) is 13.4. The largest absolute Gasteiger partial charge is 0.310 e. The van der Waals surface area contributed by atoms with Crippen molar-refractivity contribution in [3.8, 4) is 0 Å². The standard InChI is InChI=1S/C8H6BrF5OS/c9-5-8(15)6-1-3-7(4-2-6)16(10,11,12,13)14/h1-4H,5H2. The van der Waals surface area contributed by atoms with E-state index >= 15 is 0 Å². The lowest BCUT2D eigenvalue weighted by Crippen LogP contribution is -2.07. The average molecular weight is 325 g/mol. The van der Waals surface area contributed by atoms with Crippen molar-refractivity contribution < 1.29 is 24.2 Å². The number of rotatable bonds is 3. The van der Waals surface area contributed by atoms with E-state index in [4.69, 9.17) is 0 Å². The van der Waals surface area contributed by atoms with Gasteiger partial charge in [-0.25, -0.2) is 0 Å². The molecule has 0 aliphatic carbocycles. The van der Waals surface area contributed by atoms with E-state index in [2.05, 4.69) is 15.9 Å². The molecule has 0 atom stereocenters. The Kier molecular flexibility index (Phi) is 2.68. The molecule has 92 valence electrons. The molecule has 16 heavy (non-hydrogen) atoms. The van der Waals surface area contributed by atoms with Gasteiger partial charge in [0.2, 0.25) is 0 Å². The van der Waals surface area contributed by atoms with Gasteiger partial charge in [0.15, 0.2) is 5.78 Å². The van der Waals surface area contributed by atoms with E-state index < -0.39 is 20.9 Å². The number of hydrogen-bond donors (Lipinski definition) is 0. The third-order valence-electron chi connectivity index (χ3n) is 1.74. The van der Waals surface area contributed by atoms with Crippen LogP contribution in [0, 0.1) is 0 Å². The lowest BCUT2D eigenvalue weighted by molar-refractivity contribution is 0.102. The van der Waals surface area contributed by atoms with Gasteiger partial charge in [-0.3, -0.25) is 4.79 Å². The van der Waals surface area contributed by atoms with E-state index in [1.807, 2.05) is 0 Å². The first-order valence-corrected chi connectivity index (χ1v) is 6.94. The number of hydrogen-bond acceptors (Lipinski definition) is 1. The maximum Gasteiger partial charge on any atom is 0.310 e. The minimum absolute atomic E-state index is 0.0533. The molecule has 0 spiro atoms. The summed E-state index contributed by atoms with van der Waals surface area (Å²) in [4.78, 5) is 9.03. The summed E-state index contributed by atoms with van der Waals surface area (Å²) in [6.45, 7) is 0. The van der Waals surface area contributed by atoms with E-state index in [0.29, 0.717) is 0 Å². The summed E-state index contributed by atoms with van der Waals surface area (Å²) in [6.07, 6.45) is 0. The third-order valence-corrected chi connectivity index (χ3v) is 3.42. The minimum atomic E-state index is -9.62. The van der Waals surface area contributed by atoms with Gasteiger partial charge in [-0.1, -0.05) is 35.4 Å². The summed E-state index contributed by atoms with van der Waals surface area (Å²) in [5.74, 6) is -0.478. The Morgan fingerprint density at radius 1 is 1.06 bits per heavy atom. The van der Waals surface area contributed by atoms with Crippen molar-refractivity contribution in [2.24, 2.45) is 0 Å². The van der Waals surface area contributed by atoms with Gasteiger partial charge in [-0.15, -0.1) is 0 Å².